The highest BCUT2D eigenvalue weighted by molar-refractivity contribution is 7.99. The van der Waals surface area contributed by atoms with Gasteiger partial charge in [-0.1, -0.05) is 11.6 Å². The summed E-state index contributed by atoms with van der Waals surface area (Å²) in [5, 5.41) is 10.1. The van der Waals surface area contributed by atoms with Crippen LogP contribution in [0.5, 0.6) is 0 Å². The van der Waals surface area contributed by atoms with Crippen LogP contribution in [0.25, 0.3) is 0 Å². The number of H-pyrrole nitrogens is 1. The third kappa shape index (κ3) is 5.40. The van der Waals surface area contributed by atoms with Crippen LogP contribution in [0.2, 0.25) is 5.02 Å². The number of rotatable bonds is 7. The zero-order valence-electron chi connectivity index (χ0n) is 11.7. The highest BCUT2D eigenvalue weighted by Gasteiger charge is 2.11. The predicted octanol–water partition coefficient (Wildman–Crippen LogP) is 3.21. The quantitative estimate of drug-likeness (QED) is 0.606. The summed E-state index contributed by atoms with van der Waals surface area (Å²) in [4.78, 5) is 17.0. The molecule has 112 valence electrons. The molecule has 2 N–H and O–H groups in total. The van der Waals surface area contributed by atoms with Crippen LogP contribution in [0, 0.1) is 0 Å². The van der Waals surface area contributed by atoms with Crippen molar-refractivity contribution < 1.29 is 4.79 Å². The zero-order valence-corrected chi connectivity index (χ0v) is 13.2. The average Bonchev–Trinajstić information content (AvgIpc) is 3.00. The molecule has 1 aromatic heterocycles. The lowest BCUT2D eigenvalue weighted by atomic mass is 10.2. The molecular formula is C14H17ClN4OS. The van der Waals surface area contributed by atoms with Gasteiger partial charge >= 0.3 is 0 Å². The molecule has 0 aliphatic heterocycles. The first-order chi connectivity index (χ1) is 10.1. The molecule has 1 unspecified atom stereocenters. The third-order valence-electron chi connectivity index (χ3n) is 2.85. The second kappa shape index (κ2) is 8.05. The number of hydrogen-bond donors (Lipinski definition) is 2. The molecular weight excluding hydrogens is 308 g/mol. The van der Waals surface area contributed by atoms with Gasteiger partial charge in [-0.25, -0.2) is 4.98 Å². The SMILES string of the molecule is CC(NC(=O)CCCSc1ccc(Cl)cc1)c1ncn[nH]1. The maximum absolute atomic E-state index is 11.8. The molecule has 1 atom stereocenters. The lowest BCUT2D eigenvalue weighted by Gasteiger charge is -2.10. The van der Waals surface area contributed by atoms with Crippen LogP contribution in [0.3, 0.4) is 0 Å². The van der Waals surface area contributed by atoms with Crippen LogP contribution in [-0.2, 0) is 4.79 Å². The largest absolute Gasteiger partial charge is 0.346 e. The Morgan fingerprint density at radius 2 is 2.19 bits per heavy atom. The summed E-state index contributed by atoms with van der Waals surface area (Å²) in [6.45, 7) is 1.88. The molecule has 2 rings (SSSR count). The highest BCUT2D eigenvalue weighted by atomic mass is 35.5. The number of aromatic nitrogens is 3. The minimum atomic E-state index is -0.149. The monoisotopic (exact) mass is 324 g/mol. The fourth-order valence-electron chi connectivity index (χ4n) is 1.76. The first kappa shape index (κ1) is 15.9. The van der Waals surface area contributed by atoms with E-state index in [1.54, 1.807) is 11.8 Å². The van der Waals surface area contributed by atoms with E-state index < -0.39 is 0 Å². The second-order valence-electron chi connectivity index (χ2n) is 4.57. The molecule has 0 bridgehead atoms. The van der Waals surface area contributed by atoms with E-state index in [1.807, 2.05) is 31.2 Å². The van der Waals surface area contributed by atoms with Gasteiger partial charge in [0.25, 0.3) is 0 Å². The maximum atomic E-state index is 11.8. The number of carbonyl (C=O) groups is 1. The number of nitrogens with one attached hydrogen (secondary N) is 2. The van der Waals surface area contributed by atoms with Gasteiger partial charge in [0, 0.05) is 16.3 Å². The van der Waals surface area contributed by atoms with Crippen molar-refractivity contribution in [2.45, 2.75) is 30.7 Å². The molecule has 0 saturated carbocycles. The lowest BCUT2D eigenvalue weighted by Crippen LogP contribution is -2.27. The summed E-state index contributed by atoms with van der Waals surface area (Å²) in [6.07, 6.45) is 2.75. The smallest absolute Gasteiger partial charge is 0.220 e. The molecule has 1 amide bonds. The highest BCUT2D eigenvalue weighted by Crippen LogP contribution is 2.21. The van der Waals surface area contributed by atoms with Crippen molar-refractivity contribution in [3.05, 3.63) is 41.4 Å². The molecule has 0 radical (unpaired) electrons. The van der Waals surface area contributed by atoms with Crippen LogP contribution in [0.4, 0.5) is 0 Å². The van der Waals surface area contributed by atoms with Crippen LogP contribution in [0.15, 0.2) is 35.5 Å². The summed E-state index contributed by atoms with van der Waals surface area (Å²) < 4.78 is 0. The third-order valence-corrected chi connectivity index (χ3v) is 4.20. The minimum absolute atomic E-state index is 0.0237. The molecule has 21 heavy (non-hydrogen) atoms. The Hall–Kier alpha value is -1.53. The number of halogens is 1. The predicted molar refractivity (Wildman–Crippen MR) is 84.4 cm³/mol. The van der Waals surface area contributed by atoms with Crippen LogP contribution >= 0.6 is 23.4 Å². The summed E-state index contributed by atoms with van der Waals surface area (Å²) in [7, 11) is 0. The number of hydrogen-bond acceptors (Lipinski definition) is 4. The molecule has 5 nitrogen and oxygen atoms in total. The van der Waals surface area contributed by atoms with Gasteiger partial charge in [-0.3, -0.25) is 9.89 Å². The number of nitrogens with zero attached hydrogens (tertiary/aromatic N) is 2. The van der Waals surface area contributed by atoms with Gasteiger partial charge in [-0.15, -0.1) is 11.8 Å². The van der Waals surface area contributed by atoms with Crippen molar-refractivity contribution >= 4 is 29.3 Å². The van der Waals surface area contributed by atoms with Crippen molar-refractivity contribution in [3.8, 4) is 0 Å². The molecule has 0 aliphatic carbocycles. The van der Waals surface area contributed by atoms with E-state index >= 15 is 0 Å². The van der Waals surface area contributed by atoms with E-state index in [2.05, 4.69) is 20.5 Å². The van der Waals surface area contributed by atoms with Gasteiger partial charge in [-0.05, 0) is 43.4 Å². The van der Waals surface area contributed by atoms with E-state index in [0.29, 0.717) is 12.2 Å². The zero-order chi connectivity index (χ0) is 15.1. The van der Waals surface area contributed by atoms with E-state index in [-0.39, 0.29) is 11.9 Å². The molecule has 2 aromatic rings. The first-order valence-corrected chi connectivity index (χ1v) is 8.04. The molecule has 0 saturated heterocycles. The Balaban J connectivity index is 1.64. The number of amides is 1. The van der Waals surface area contributed by atoms with Crippen molar-refractivity contribution in [2.24, 2.45) is 0 Å². The number of carbonyl (C=O) groups excluding carboxylic acids is 1. The fraction of sp³-hybridized carbons (Fsp3) is 0.357. The molecule has 0 fully saturated rings. The van der Waals surface area contributed by atoms with Crippen molar-refractivity contribution in [1.82, 2.24) is 20.5 Å². The van der Waals surface area contributed by atoms with Gasteiger partial charge in [0.2, 0.25) is 5.91 Å². The Morgan fingerprint density at radius 1 is 1.43 bits per heavy atom. The Kier molecular flexibility index (Phi) is 6.07. The summed E-state index contributed by atoms with van der Waals surface area (Å²) in [6, 6.07) is 7.56. The Labute approximate surface area is 132 Å². The minimum Gasteiger partial charge on any atom is -0.346 e. The maximum Gasteiger partial charge on any atom is 0.220 e. The second-order valence-corrected chi connectivity index (χ2v) is 6.17. The lowest BCUT2D eigenvalue weighted by molar-refractivity contribution is -0.121. The van der Waals surface area contributed by atoms with E-state index in [9.17, 15) is 4.79 Å². The summed E-state index contributed by atoms with van der Waals surface area (Å²) in [5.74, 6) is 1.58. The van der Waals surface area contributed by atoms with Crippen LogP contribution in [-0.4, -0.2) is 26.8 Å². The fourth-order valence-corrected chi connectivity index (χ4v) is 2.74. The number of aromatic amines is 1. The first-order valence-electron chi connectivity index (χ1n) is 6.68. The van der Waals surface area contributed by atoms with Crippen LogP contribution in [0.1, 0.15) is 31.6 Å². The number of benzene rings is 1. The Morgan fingerprint density at radius 3 is 2.86 bits per heavy atom. The standard InChI is InChI=1S/C14H17ClN4OS/c1-10(14-16-9-17-19-14)18-13(20)3-2-8-21-12-6-4-11(15)5-7-12/h4-7,9-10H,2-3,8H2,1H3,(H,18,20)(H,16,17,19). The van der Waals surface area contributed by atoms with Gasteiger partial charge in [0.1, 0.15) is 12.2 Å². The van der Waals surface area contributed by atoms with Gasteiger partial charge in [0.15, 0.2) is 0 Å². The molecule has 1 aromatic carbocycles. The van der Waals surface area contributed by atoms with E-state index in [1.165, 1.54) is 6.33 Å². The van der Waals surface area contributed by atoms with Crippen LogP contribution < -0.4 is 5.32 Å². The van der Waals surface area contributed by atoms with E-state index in [0.717, 1.165) is 22.1 Å². The van der Waals surface area contributed by atoms with Gasteiger partial charge < -0.3 is 5.32 Å². The topological polar surface area (TPSA) is 70.7 Å². The normalized spacial score (nSPS) is 12.1. The van der Waals surface area contributed by atoms with Crippen molar-refractivity contribution in [1.29, 1.82) is 0 Å². The molecule has 0 spiro atoms. The number of thioether (sulfide) groups is 1. The van der Waals surface area contributed by atoms with Gasteiger partial charge in [-0.2, -0.15) is 5.10 Å². The Bertz CT molecular complexity index is 559. The van der Waals surface area contributed by atoms with E-state index in [4.69, 9.17) is 11.6 Å². The molecule has 0 aliphatic rings. The van der Waals surface area contributed by atoms with Crippen molar-refractivity contribution in [2.75, 3.05) is 5.75 Å². The van der Waals surface area contributed by atoms with Gasteiger partial charge in [0.05, 0.1) is 6.04 Å². The molecule has 1 heterocycles. The molecule has 7 heteroatoms. The van der Waals surface area contributed by atoms with Crippen molar-refractivity contribution in [3.63, 3.8) is 0 Å². The summed E-state index contributed by atoms with van der Waals surface area (Å²) >= 11 is 7.55. The average molecular weight is 325 g/mol. The summed E-state index contributed by atoms with van der Waals surface area (Å²) in [5.41, 5.74) is 0.